The number of rotatable bonds is 5. The molecule has 2 aromatic carbocycles. The zero-order chi connectivity index (χ0) is 22.0. The van der Waals surface area contributed by atoms with Gasteiger partial charge < -0.3 is 10.2 Å². The van der Waals surface area contributed by atoms with Crippen molar-refractivity contribution >= 4 is 52.2 Å². The average Bonchev–Trinajstić information content (AvgIpc) is 3.36. The van der Waals surface area contributed by atoms with E-state index >= 15 is 0 Å². The summed E-state index contributed by atoms with van der Waals surface area (Å²) < 4.78 is 13.2. The predicted molar refractivity (Wildman–Crippen MR) is 118 cm³/mol. The van der Waals surface area contributed by atoms with Gasteiger partial charge in [0, 0.05) is 15.6 Å². The summed E-state index contributed by atoms with van der Waals surface area (Å²) in [5.41, 5.74) is 0.783. The van der Waals surface area contributed by atoms with Crippen molar-refractivity contribution in [2.45, 2.75) is 19.0 Å². The highest BCUT2D eigenvalue weighted by Gasteiger charge is 2.44. The van der Waals surface area contributed by atoms with Crippen LogP contribution in [0.25, 0.3) is 0 Å². The summed E-state index contributed by atoms with van der Waals surface area (Å²) in [6.07, 6.45) is -0.135. The fraction of sp³-hybridized carbons (Fsp3) is 0.136. The third kappa shape index (κ3) is 4.60. The van der Waals surface area contributed by atoms with E-state index in [-0.39, 0.29) is 13.0 Å². The van der Waals surface area contributed by atoms with Gasteiger partial charge in [-0.1, -0.05) is 17.7 Å². The third-order valence-electron chi connectivity index (χ3n) is 4.85. The van der Waals surface area contributed by atoms with Crippen LogP contribution in [0.1, 0.15) is 11.3 Å². The van der Waals surface area contributed by atoms with E-state index in [1.165, 1.54) is 40.5 Å². The normalized spacial score (nSPS) is 15.9. The lowest BCUT2D eigenvalue weighted by Gasteiger charge is -2.27. The molecular weight excluding hydrogens is 441 g/mol. The van der Waals surface area contributed by atoms with Crippen LogP contribution in [0.2, 0.25) is 5.02 Å². The van der Waals surface area contributed by atoms with Crippen LogP contribution in [0.4, 0.5) is 20.6 Å². The molecular formula is C22H17ClFN3O3S. The number of carbonyl (C=O) groups excluding carboxylic acids is 3. The molecule has 6 nitrogen and oxygen atoms in total. The quantitative estimate of drug-likeness (QED) is 0.553. The predicted octanol–water partition coefficient (Wildman–Crippen LogP) is 4.91. The molecule has 0 aliphatic carbocycles. The number of nitrogens with zero attached hydrogens (tertiary/aromatic N) is 2. The molecule has 3 aromatic rings. The van der Waals surface area contributed by atoms with E-state index in [1.54, 1.807) is 24.3 Å². The maximum absolute atomic E-state index is 13.2. The number of urea groups is 1. The summed E-state index contributed by atoms with van der Waals surface area (Å²) >= 11 is 7.35. The lowest BCUT2D eigenvalue weighted by atomic mass is 10.2. The van der Waals surface area contributed by atoms with Gasteiger partial charge in [-0.2, -0.15) is 0 Å². The Kier molecular flexibility index (Phi) is 6.01. The Morgan fingerprint density at radius 1 is 1.13 bits per heavy atom. The lowest BCUT2D eigenvalue weighted by Crippen LogP contribution is -2.46. The van der Waals surface area contributed by atoms with E-state index in [0.29, 0.717) is 16.4 Å². The molecule has 31 heavy (non-hydrogen) atoms. The first-order valence-electron chi connectivity index (χ1n) is 9.40. The van der Waals surface area contributed by atoms with Gasteiger partial charge in [0.25, 0.3) is 5.91 Å². The number of anilines is 2. The van der Waals surface area contributed by atoms with Gasteiger partial charge in [-0.05, 0) is 60.0 Å². The monoisotopic (exact) mass is 457 g/mol. The minimum Gasteiger partial charge on any atom is -0.308 e. The number of carbonyl (C=O) groups is 3. The minimum absolute atomic E-state index is 0.135. The molecule has 9 heteroatoms. The average molecular weight is 458 g/mol. The standard InChI is InChI=1S/C22H17ClFN3O3S/c23-14-3-9-17(10-4-14)27-20(28)12-19(21(27)29)26(13-18-2-1-11-31-18)22(30)25-16-7-5-15(24)6-8-16/h1-11,19H,12-13H2,(H,25,30)/t19-/m1/s1. The van der Waals surface area contributed by atoms with Gasteiger partial charge in [-0.15, -0.1) is 11.3 Å². The van der Waals surface area contributed by atoms with E-state index in [4.69, 9.17) is 11.6 Å². The van der Waals surface area contributed by atoms with Gasteiger partial charge >= 0.3 is 6.03 Å². The van der Waals surface area contributed by atoms with Crippen LogP contribution in [-0.4, -0.2) is 28.8 Å². The largest absolute Gasteiger partial charge is 0.322 e. The second-order valence-corrected chi connectivity index (χ2v) is 8.38. The molecule has 1 saturated heterocycles. The van der Waals surface area contributed by atoms with Crippen molar-refractivity contribution in [3.8, 4) is 0 Å². The van der Waals surface area contributed by atoms with Gasteiger partial charge in [0.15, 0.2) is 0 Å². The molecule has 0 spiro atoms. The number of halogens is 2. The topological polar surface area (TPSA) is 69.7 Å². The first-order chi connectivity index (χ1) is 14.9. The Labute approximate surface area is 186 Å². The van der Waals surface area contributed by atoms with Gasteiger partial charge in [0.1, 0.15) is 11.9 Å². The van der Waals surface area contributed by atoms with Crippen molar-refractivity contribution in [1.82, 2.24) is 4.90 Å². The second-order valence-electron chi connectivity index (χ2n) is 6.91. The van der Waals surface area contributed by atoms with E-state index in [2.05, 4.69) is 5.32 Å². The smallest absolute Gasteiger partial charge is 0.308 e. The van der Waals surface area contributed by atoms with Crippen LogP contribution in [0, 0.1) is 5.82 Å². The zero-order valence-corrected chi connectivity index (χ0v) is 17.7. The van der Waals surface area contributed by atoms with Crippen LogP contribution in [0.15, 0.2) is 66.0 Å². The number of benzene rings is 2. The van der Waals surface area contributed by atoms with Crippen molar-refractivity contribution in [1.29, 1.82) is 0 Å². The minimum atomic E-state index is -0.967. The summed E-state index contributed by atoms with van der Waals surface area (Å²) in [6, 6.07) is 13.8. The Balaban J connectivity index is 1.60. The lowest BCUT2D eigenvalue weighted by molar-refractivity contribution is -0.122. The van der Waals surface area contributed by atoms with Gasteiger partial charge in [0.05, 0.1) is 18.7 Å². The van der Waals surface area contributed by atoms with Gasteiger partial charge in [-0.25, -0.2) is 14.1 Å². The van der Waals surface area contributed by atoms with Crippen LogP contribution in [-0.2, 0) is 16.1 Å². The molecule has 158 valence electrons. The third-order valence-corrected chi connectivity index (χ3v) is 5.96. The Morgan fingerprint density at radius 2 is 1.84 bits per heavy atom. The molecule has 1 fully saturated rings. The molecule has 1 aliphatic rings. The molecule has 1 aliphatic heterocycles. The fourth-order valence-electron chi connectivity index (χ4n) is 3.34. The molecule has 2 heterocycles. The molecule has 4 amide bonds. The van der Waals surface area contributed by atoms with Crippen molar-refractivity contribution in [3.05, 3.63) is 81.8 Å². The van der Waals surface area contributed by atoms with Crippen molar-refractivity contribution in [3.63, 3.8) is 0 Å². The summed E-state index contributed by atoms with van der Waals surface area (Å²) in [4.78, 5) is 42.2. The Hall–Kier alpha value is -3.23. The van der Waals surface area contributed by atoms with Crippen molar-refractivity contribution in [2.75, 3.05) is 10.2 Å². The molecule has 4 rings (SSSR count). The first-order valence-corrected chi connectivity index (χ1v) is 10.7. The maximum Gasteiger partial charge on any atom is 0.322 e. The Morgan fingerprint density at radius 3 is 2.48 bits per heavy atom. The second kappa shape index (κ2) is 8.87. The Bertz CT molecular complexity index is 1100. The maximum atomic E-state index is 13.2. The van der Waals surface area contributed by atoms with E-state index in [0.717, 1.165) is 9.78 Å². The molecule has 1 aromatic heterocycles. The molecule has 0 unspecified atom stereocenters. The van der Waals surface area contributed by atoms with E-state index in [1.807, 2.05) is 17.5 Å². The highest BCUT2D eigenvalue weighted by Crippen LogP contribution is 2.28. The zero-order valence-electron chi connectivity index (χ0n) is 16.1. The summed E-state index contributed by atoms with van der Waals surface area (Å²) in [6.45, 7) is 0.156. The summed E-state index contributed by atoms with van der Waals surface area (Å²) in [7, 11) is 0. The van der Waals surface area contributed by atoms with Crippen molar-refractivity contribution in [2.24, 2.45) is 0 Å². The highest BCUT2D eigenvalue weighted by atomic mass is 35.5. The van der Waals surface area contributed by atoms with Gasteiger partial charge in [-0.3, -0.25) is 9.59 Å². The van der Waals surface area contributed by atoms with Crippen LogP contribution in [0.5, 0.6) is 0 Å². The summed E-state index contributed by atoms with van der Waals surface area (Å²) in [5, 5.41) is 5.03. The van der Waals surface area contributed by atoms with Crippen molar-refractivity contribution < 1.29 is 18.8 Å². The van der Waals surface area contributed by atoms with E-state index < -0.39 is 29.7 Å². The molecule has 1 N–H and O–H groups in total. The first kappa shape index (κ1) is 21.0. The number of hydrogen-bond acceptors (Lipinski definition) is 4. The SMILES string of the molecule is O=C1C[C@@H](N(Cc2cccs2)C(=O)Nc2ccc(F)cc2)C(=O)N1c1ccc(Cl)cc1. The van der Waals surface area contributed by atoms with Crippen LogP contribution < -0.4 is 10.2 Å². The number of imide groups is 1. The number of nitrogens with one attached hydrogen (secondary N) is 1. The molecule has 0 radical (unpaired) electrons. The summed E-state index contributed by atoms with van der Waals surface area (Å²) in [5.74, 6) is -1.31. The van der Waals surface area contributed by atoms with E-state index in [9.17, 15) is 18.8 Å². The van der Waals surface area contributed by atoms with Gasteiger partial charge in [0.2, 0.25) is 5.91 Å². The molecule has 0 bridgehead atoms. The number of hydrogen-bond donors (Lipinski definition) is 1. The fourth-order valence-corrected chi connectivity index (χ4v) is 4.17. The van der Waals surface area contributed by atoms with Crippen LogP contribution >= 0.6 is 22.9 Å². The molecule has 1 atom stereocenters. The number of thiophene rings is 1. The highest BCUT2D eigenvalue weighted by molar-refractivity contribution is 7.09. The molecule has 0 saturated carbocycles. The van der Waals surface area contributed by atoms with Crippen LogP contribution in [0.3, 0.4) is 0 Å². The number of amides is 4.